The zero-order valence-corrected chi connectivity index (χ0v) is 11.2. The van der Waals surface area contributed by atoms with Crippen molar-refractivity contribution in [3.63, 3.8) is 0 Å². The number of ether oxygens (including phenoxy) is 1. The van der Waals surface area contributed by atoms with Crippen molar-refractivity contribution in [2.24, 2.45) is 5.73 Å². The lowest BCUT2D eigenvalue weighted by Crippen LogP contribution is -2.52. The maximum absolute atomic E-state index is 13.8. The summed E-state index contributed by atoms with van der Waals surface area (Å²) in [6.45, 7) is 7.93. The first kappa shape index (κ1) is 13.3. The van der Waals surface area contributed by atoms with Gasteiger partial charge in [0.05, 0.1) is 11.7 Å². The number of morpholine rings is 1. The molecule has 1 aromatic rings. The molecule has 1 aliphatic heterocycles. The molecule has 18 heavy (non-hydrogen) atoms. The number of nitrogens with two attached hydrogens (primary N) is 1. The van der Waals surface area contributed by atoms with Crippen LogP contribution in [0.1, 0.15) is 26.3 Å². The molecule has 4 heteroatoms. The van der Waals surface area contributed by atoms with E-state index in [2.05, 4.69) is 18.7 Å². The molecule has 2 N–H and O–H groups in total. The lowest BCUT2D eigenvalue weighted by Gasteiger charge is -2.43. The molecule has 0 aromatic heterocycles. The second kappa shape index (κ2) is 4.86. The first-order valence-electron chi connectivity index (χ1n) is 6.32. The third kappa shape index (κ3) is 2.82. The van der Waals surface area contributed by atoms with Crippen LogP contribution in [0.3, 0.4) is 0 Å². The summed E-state index contributed by atoms with van der Waals surface area (Å²) in [5, 5.41) is 0. The van der Waals surface area contributed by atoms with E-state index in [-0.39, 0.29) is 24.1 Å². The van der Waals surface area contributed by atoms with Gasteiger partial charge in [-0.25, -0.2) is 4.39 Å². The molecule has 1 aliphatic rings. The van der Waals surface area contributed by atoms with Crippen LogP contribution in [-0.4, -0.2) is 24.8 Å². The van der Waals surface area contributed by atoms with E-state index in [0.29, 0.717) is 5.56 Å². The Hall–Kier alpha value is -1.13. The number of rotatable bonds is 2. The molecule has 0 aliphatic carbocycles. The van der Waals surface area contributed by atoms with Crippen LogP contribution < -0.4 is 10.6 Å². The lowest BCUT2D eigenvalue weighted by molar-refractivity contribution is -0.0749. The van der Waals surface area contributed by atoms with Crippen molar-refractivity contribution in [2.45, 2.75) is 39.0 Å². The molecule has 0 bridgehead atoms. The predicted octanol–water partition coefficient (Wildman–Crippen LogP) is 2.29. The Bertz CT molecular complexity index is 434. The summed E-state index contributed by atoms with van der Waals surface area (Å²) in [5.74, 6) is -0.230. The molecule has 3 nitrogen and oxygen atoms in total. The monoisotopic (exact) mass is 252 g/mol. The molecule has 0 radical (unpaired) electrons. The van der Waals surface area contributed by atoms with Crippen LogP contribution in [-0.2, 0) is 11.3 Å². The first-order valence-corrected chi connectivity index (χ1v) is 6.32. The van der Waals surface area contributed by atoms with Crippen molar-refractivity contribution in [1.29, 1.82) is 0 Å². The van der Waals surface area contributed by atoms with Gasteiger partial charge in [-0.3, -0.25) is 0 Å². The maximum atomic E-state index is 13.8. The minimum absolute atomic E-state index is 0.144. The van der Waals surface area contributed by atoms with Crippen molar-refractivity contribution in [3.05, 3.63) is 29.6 Å². The normalized spacial score (nSPS) is 23.2. The Morgan fingerprint density at radius 2 is 2.22 bits per heavy atom. The highest BCUT2D eigenvalue weighted by atomic mass is 19.1. The fraction of sp³-hybridized carbons (Fsp3) is 0.571. The zero-order chi connectivity index (χ0) is 13.3. The van der Waals surface area contributed by atoms with Crippen LogP contribution in [0.5, 0.6) is 0 Å². The van der Waals surface area contributed by atoms with Gasteiger partial charge in [0.25, 0.3) is 0 Å². The second-order valence-electron chi connectivity index (χ2n) is 5.55. The number of hydrogen-bond donors (Lipinski definition) is 1. The largest absolute Gasteiger partial charge is 0.369 e. The van der Waals surface area contributed by atoms with Gasteiger partial charge in [0.15, 0.2) is 0 Å². The van der Waals surface area contributed by atoms with Crippen LogP contribution in [0.4, 0.5) is 10.1 Å². The molecule has 1 atom stereocenters. The van der Waals surface area contributed by atoms with Crippen molar-refractivity contribution < 1.29 is 9.13 Å². The molecule has 100 valence electrons. The number of hydrogen-bond acceptors (Lipinski definition) is 3. The van der Waals surface area contributed by atoms with Gasteiger partial charge < -0.3 is 15.4 Å². The molecule has 1 saturated heterocycles. The van der Waals surface area contributed by atoms with Gasteiger partial charge in [-0.15, -0.1) is 0 Å². The van der Waals surface area contributed by atoms with Gasteiger partial charge in [0.2, 0.25) is 0 Å². The Labute approximate surface area is 108 Å². The Balaban J connectivity index is 2.23. The van der Waals surface area contributed by atoms with Crippen LogP contribution >= 0.6 is 0 Å². The Kier molecular flexibility index (Phi) is 3.59. The van der Waals surface area contributed by atoms with Gasteiger partial charge in [-0.05, 0) is 32.9 Å². The summed E-state index contributed by atoms with van der Waals surface area (Å²) in [4.78, 5) is 2.16. The summed E-state index contributed by atoms with van der Waals surface area (Å²) in [5.41, 5.74) is 6.71. The topological polar surface area (TPSA) is 38.5 Å². The maximum Gasteiger partial charge on any atom is 0.129 e. The average molecular weight is 252 g/mol. The fourth-order valence-corrected chi connectivity index (χ4v) is 2.55. The summed E-state index contributed by atoms with van der Waals surface area (Å²) in [6, 6.07) is 5.26. The molecule has 0 spiro atoms. The first-order chi connectivity index (χ1) is 8.41. The SMILES string of the molecule is CC1CN(c2ccc(CN)c(F)c2)CC(C)(C)O1. The standard InChI is InChI=1S/C14H21FN2O/c1-10-8-17(9-14(2,3)18-10)12-5-4-11(7-16)13(15)6-12/h4-6,10H,7-9,16H2,1-3H3. The summed E-state index contributed by atoms with van der Waals surface area (Å²) >= 11 is 0. The van der Waals surface area contributed by atoms with Gasteiger partial charge in [-0.1, -0.05) is 6.07 Å². The smallest absolute Gasteiger partial charge is 0.129 e. The van der Waals surface area contributed by atoms with E-state index in [0.717, 1.165) is 18.8 Å². The molecule has 1 aromatic carbocycles. The molecular weight excluding hydrogens is 231 g/mol. The fourth-order valence-electron chi connectivity index (χ4n) is 2.55. The molecule has 0 saturated carbocycles. The third-order valence-corrected chi connectivity index (χ3v) is 3.19. The summed E-state index contributed by atoms with van der Waals surface area (Å²) in [6.07, 6.45) is 0.144. The van der Waals surface area contributed by atoms with Gasteiger partial charge in [-0.2, -0.15) is 0 Å². The minimum atomic E-state index is -0.230. The molecular formula is C14H21FN2O. The number of halogens is 1. The predicted molar refractivity (Wildman–Crippen MR) is 71.1 cm³/mol. The highest BCUT2D eigenvalue weighted by Gasteiger charge is 2.31. The summed E-state index contributed by atoms with van der Waals surface area (Å²) < 4.78 is 19.6. The number of nitrogens with zero attached hydrogens (tertiary/aromatic N) is 1. The highest BCUT2D eigenvalue weighted by molar-refractivity contribution is 5.49. The van der Waals surface area contributed by atoms with Gasteiger partial charge in [0.1, 0.15) is 5.82 Å². The molecule has 0 amide bonds. The van der Waals surface area contributed by atoms with Crippen LogP contribution in [0.25, 0.3) is 0 Å². The lowest BCUT2D eigenvalue weighted by atomic mass is 10.0. The quantitative estimate of drug-likeness (QED) is 0.877. The average Bonchev–Trinajstić information content (AvgIpc) is 2.26. The van der Waals surface area contributed by atoms with E-state index in [9.17, 15) is 4.39 Å². The Morgan fingerprint density at radius 3 is 2.78 bits per heavy atom. The molecule has 2 rings (SSSR count). The molecule has 1 heterocycles. The highest BCUT2D eigenvalue weighted by Crippen LogP contribution is 2.27. The Morgan fingerprint density at radius 1 is 1.50 bits per heavy atom. The van der Waals surface area contributed by atoms with Crippen LogP contribution in [0.15, 0.2) is 18.2 Å². The van der Waals surface area contributed by atoms with E-state index in [1.54, 1.807) is 12.1 Å². The third-order valence-electron chi connectivity index (χ3n) is 3.19. The van der Waals surface area contributed by atoms with Crippen molar-refractivity contribution in [1.82, 2.24) is 0 Å². The van der Waals surface area contributed by atoms with Crippen LogP contribution in [0, 0.1) is 5.82 Å². The van der Waals surface area contributed by atoms with Crippen LogP contribution in [0.2, 0.25) is 0 Å². The number of benzene rings is 1. The molecule has 1 fully saturated rings. The van der Waals surface area contributed by atoms with Crippen molar-refractivity contribution >= 4 is 5.69 Å². The van der Waals surface area contributed by atoms with E-state index >= 15 is 0 Å². The van der Waals surface area contributed by atoms with E-state index in [4.69, 9.17) is 10.5 Å². The molecule has 1 unspecified atom stereocenters. The van der Waals surface area contributed by atoms with Gasteiger partial charge in [0, 0.05) is 30.9 Å². The van der Waals surface area contributed by atoms with Crippen molar-refractivity contribution in [3.8, 4) is 0 Å². The summed E-state index contributed by atoms with van der Waals surface area (Å²) in [7, 11) is 0. The second-order valence-corrected chi connectivity index (χ2v) is 5.55. The minimum Gasteiger partial charge on any atom is -0.369 e. The van der Waals surface area contributed by atoms with E-state index in [1.165, 1.54) is 0 Å². The van der Waals surface area contributed by atoms with Crippen molar-refractivity contribution in [2.75, 3.05) is 18.0 Å². The zero-order valence-electron chi connectivity index (χ0n) is 11.2. The van der Waals surface area contributed by atoms with E-state index in [1.807, 2.05) is 13.0 Å². The van der Waals surface area contributed by atoms with Gasteiger partial charge >= 0.3 is 0 Å². The van der Waals surface area contributed by atoms with E-state index < -0.39 is 0 Å². The number of anilines is 1.